The van der Waals surface area contributed by atoms with E-state index < -0.39 is 0 Å². The van der Waals surface area contributed by atoms with Crippen molar-refractivity contribution < 1.29 is 14.0 Å². The van der Waals surface area contributed by atoms with Crippen molar-refractivity contribution in [1.82, 2.24) is 5.32 Å². The Kier molecular flexibility index (Phi) is 4.16. The van der Waals surface area contributed by atoms with Gasteiger partial charge in [-0.05, 0) is 36.6 Å². The molecule has 2 aromatic rings. The lowest BCUT2D eigenvalue weighted by Gasteiger charge is -2.20. The number of nitrogens with two attached hydrogens (primary N) is 1. The number of carbonyl (C=O) groups excluding carboxylic acids is 2. The second-order valence-electron chi connectivity index (χ2n) is 5.67. The van der Waals surface area contributed by atoms with Crippen LogP contribution in [0.15, 0.2) is 34.9 Å². The van der Waals surface area contributed by atoms with Gasteiger partial charge in [0.2, 0.25) is 5.91 Å². The molecular formula is C17H19N3O3. The Morgan fingerprint density at radius 2 is 2.22 bits per heavy atom. The summed E-state index contributed by atoms with van der Waals surface area (Å²) in [5, 5.41) is 5.79. The molecule has 120 valence electrons. The SMILES string of the molecule is CC(NC(=O)c1coc(CN)c1)c1ccc2c(c1)CCC(=O)N2. The van der Waals surface area contributed by atoms with Crippen LogP contribution < -0.4 is 16.4 Å². The molecule has 0 aliphatic carbocycles. The van der Waals surface area contributed by atoms with Crippen molar-refractivity contribution in [3.63, 3.8) is 0 Å². The van der Waals surface area contributed by atoms with E-state index in [0.29, 0.717) is 17.7 Å². The van der Waals surface area contributed by atoms with E-state index in [0.717, 1.165) is 23.2 Å². The van der Waals surface area contributed by atoms with Gasteiger partial charge in [-0.25, -0.2) is 0 Å². The van der Waals surface area contributed by atoms with Crippen LogP contribution in [0.25, 0.3) is 0 Å². The molecule has 1 unspecified atom stereocenters. The van der Waals surface area contributed by atoms with Gasteiger partial charge in [0.25, 0.3) is 5.91 Å². The van der Waals surface area contributed by atoms with Gasteiger partial charge in [0.05, 0.1) is 18.2 Å². The number of anilines is 1. The van der Waals surface area contributed by atoms with Crippen LogP contribution in [0, 0.1) is 0 Å². The molecule has 0 saturated heterocycles. The number of hydrogen-bond donors (Lipinski definition) is 3. The predicted octanol–water partition coefficient (Wildman–Crippen LogP) is 2.11. The normalized spacial score (nSPS) is 14.8. The van der Waals surface area contributed by atoms with Gasteiger partial charge in [-0.2, -0.15) is 0 Å². The van der Waals surface area contributed by atoms with Crippen molar-refractivity contribution in [1.29, 1.82) is 0 Å². The van der Waals surface area contributed by atoms with Crippen LogP contribution in [-0.2, 0) is 17.8 Å². The quantitative estimate of drug-likeness (QED) is 0.805. The third-order valence-corrected chi connectivity index (χ3v) is 3.99. The fraction of sp³-hybridized carbons (Fsp3) is 0.294. The monoisotopic (exact) mass is 313 g/mol. The number of fused-ring (bicyclic) bond motifs is 1. The van der Waals surface area contributed by atoms with Gasteiger partial charge < -0.3 is 20.8 Å². The number of carbonyl (C=O) groups is 2. The van der Waals surface area contributed by atoms with Crippen molar-refractivity contribution in [3.8, 4) is 0 Å². The number of furan rings is 1. The highest BCUT2D eigenvalue weighted by Crippen LogP contribution is 2.26. The molecule has 0 bridgehead atoms. The molecule has 3 rings (SSSR count). The van der Waals surface area contributed by atoms with Gasteiger partial charge in [-0.15, -0.1) is 0 Å². The predicted molar refractivity (Wildman–Crippen MR) is 85.9 cm³/mol. The maximum Gasteiger partial charge on any atom is 0.255 e. The van der Waals surface area contributed by atoms with Crippen molar-refractivity contribution in [2.45, 2.75) is 32.4 Å². The lowest BCUT2D eigenvalue weighted by atomic mass is 9.97. The molecule has 2 amide bonds. The van der Waals surface area contributed by atoms with E-state index in [1.807, 2.05) is 25.1 Å². The van der Waals surface area contributed by atoms with Crippen LogP contribution in [0.1, 0.15) is 46.6 Å². The first-order chi connectivity index (χ1) is 11.1. The molecule has 1 aliphatic heterocycles. The number of rotatable bonds is 4. The second kappa shape index (κ2) is 6.26. The summed E-state index contributed by atoms with van der Waals surface area (Å²) in [6.45, 7) is 2.18. The Hall–Kier alpha value is -2.60. The maximum atomic E-state index is 12.2. The van der Waals surface area contributed by atoms with Crippen molar-refractivity contribution >= 4 is 17.5 Å². The van der Waals surface area contributed by atoms with E-state index >= 15 is 0 Å². The minimum Gasteiger partial charge on any atom is -0.467 e. The first kappa shape index (κ1) is 15.3. The summed E-state index contributed by atoms with van der Waals surface area (Å²) in [7, 11) is 0. The van der Waals surface area contributed by atoms with Crippen LogP contribution in [0.4, 0.5) is 5.69 Å². The molecule has 0 saturated carbocycles. The third kappa shape index (κ3) is 3.27. The Balaban J connectivity index is 1.71. The topological polar surface area (TPSA) is 97.4 Å². The maximum absolute atomic E-state index is 12.2. The summed E-state index contributed by atoms with van der Waals surface area (Å²) in [6, 6.07) is 7.32. The Morgan fingerprint density at radius 1 is 1.39 bits per heavy atom. The van der Waals surface area contributed by atoms with E-state index in [4.69, 9.17) is 10.2 Å². The molecule has 6 nitrogen and oxygen atoms in total. The molecule has 2 heterocycles. The average molecular weight is 313 g/mol. The molecule has 1 aliphatic rings. The zero-order valence-corrected chi connectivity index (χ0v) is 12.9. The molecule has 23 heavy (non-hydrogen) atoms. The largest absolute Gasteiger partial charge is 0.467 e. The number of nitrogens with one attached hydrogen (secondary N) is 2. The van der Waals surface area contributed by atoms with Crippen LogP contribution >= 0.6 is 0 Å². The number of amides is 2. The molecule has 4 N–H and O–H groups in total. The highest BCUT2D eigenvalue weighted by Gasteiger charge is 2.18. The smallest absolute Gasteiger partial charge is 0.255 e. The lowest BCUT2D eigenvalue weighted by Crippen LogP contribution is -2.26. The highest BCUT2D eigenvalue weighted by molar-refractivity contribution is 5.95. The zero-order chi connectivity index (χ0) is 16.4. The lowest BCUT2D eigenvalue weighted by molar-refractivity contribution is -0.116. The molecule has 1 aromatic carbocycles. The van der Waals surface area contributed by atoms with E-state index in [-0.39, 0.29) is 24.4 Å². The molecule has 0 fully saturated rings. The zero-order valence-electron chi connectivity index (χ0n) is 12.9. The fourth-order valence-corrected chi connectivity index (χ4v) is 2.64. The number of hydrogen-bond acceptors (Lipinski definition) is 4. The number of benzene rings is 1. The summed E-state index contributed by atoms with van der Waals surface area (Å²) >= 11 is 0. The van der Waals surface area contributed by atoms with Gasteiger partial charge >= 0.3 is 0 Å². The standard InChI is InChI=1S/C17H19N3O3/c1-10(19-17(22)13-7-14(8-18)23-9-13)11-2-4-15-12(6-11)3-5-16(21)20-15/h2,4,6-7,9-10H,3,5,8,18H2,1H3,(H,19,22)(H,20,21). The van der Waals surface area contributed by atoms with Crippen molar-refractivity contribution in [3.05, 3.63) is 53.0 Å². The first-order valence-electron chi connectivity index (χ1n) is 7.58. The van der Waals surface area contributed by atoms with E-state index in [1.54, 1.807) is 6.07 Å². The minimum absolute atomic E-state index is 0.0438. The number of aryl methyl sites for hydroxylation is 1. The van der Waals surface area contributed by atoms with Crippen molar-refractivity contribution in [2.24, 2.45) is 5.73 Å². The van der Waals surface area contributed by atoms with Crippen LogP contribution in [0.2, 0.25) is 0 Å². The first-order valence-corrected chi connectivity index (χ1v) is 7.58. The second-order valence-corrected chi connectivity index (χ2v) is 5.67. The summed E-state index contributed by atoms with van der Waals surface area (Å²) in [5.74, 6) is 0.418. The van der Waals surface area contributed by atoms with Crippen LogP contribution in [0.3, 0.4) is 0 Å². The van der Waals surface area contributed by atoms with Gasteiger partial charge in [-0.3, -0.25) is 9.59 Å². The molecular weight excluding hydrogens is 294 g/mol. The summed E-state index contributed by atoms with van der Waals surface area (Å²) in [4.78, 5) is 23.6. The fourth-order valence-electron chi connectivity index (χ4n) is 2.64. The molecule has 0 spiro atoms. The molecule has 1 atom stereocenters. The van der Waals surface area contributed by atoms with Crippen LogP contribution in [-0.4, -0.2) is 11.8 Å². The summed E-state index contributed by atoms with van der Waals surface area (Å²) in [5.41, 5.74) is 8.88. The van der Waals surface area contributed by atoms with Gasteiger partial charge in [-0.1, -0.05) is 12.1 Å². The van der Waals surface area contributed by atoms with Gasteiger partial charge in [0.1, 0.15) is 12.0 Å². The molecule has 6 heteroatoms. The summed E-state index contributed by atoms with van der Waals surface area (Å²) < 4.78 is 5.18. The van der Waals surface area contributed by atoms with Gasteiger partial charge in [0, 0.05) is 12.1 Å². The third-order valence-electron chi connectivity index (χ3n) is 3.99. The van der Waals surface area contributed by atoms with Crippen molar-refractivity contribution in [2.75, 3.05) is 5.32 Å². The molecule has 1 aromatic heterocycles. The van der Waals surface area contributed by atoms with E-state index in [9.17, 15) is 9.59 Å². The van der Waals surface area contributed by atoms with Gasteiger partial charge in [0.15, 0.2) is 0 Å². The summed E-state index contributed by atoms with van der Waals surface area (Å²) in [6.07, 6.45) is 2.62. The Morgan fingerprint density at radius 3 is 2.96 bits per heavy atom. The Labute approximate surface area is 134 Å². The highest BCUT2D eigenvalue weighted by atomic mass is 16.3. The average Bonchev–Trinajstić information content (AvgIpc) is 3.03. The Bertz CT molecular complexity index is 751. The van der Waals surface area contributed by atoms with E-state index in [1.165, 1.54) is 6.26 Å². The van der Waals surface area contributed by atoms with Crippen LogP contribution in [0.5, 0.6) is 0 Å². The minimum atomic E-state index is -0.202. The van der Waals surface area contributed by atoms with E-state index in [2.05, 4.69) is 10.6 Å². The molecule has 0 radical (unpaired) electrons.